The Bertz CT molecular complexity index is 436. The van der Waals surface area contributed by atoms with Crippen molar-refractivity contribution < 1.29 is 0 Å². The smallest absolute Gasteiger partial charge is 0.144 e. The second-order valence-corrected chi connectivity index (χ2v) is 7.76. The summed E-state index contributed by atoms with van der Waals surface area (Å²) in [4.78, 5) is 9.21. The molecule has 1 fully saturated rings. The summed E-state index contributed by atoms with van der Waals surface area (Å²) in [6, 6.07) is 0. The van der Waals surface area contributed by atoms with Crippen LogP contribution in [0.2, 0.25) is 0 Å². The van der Waals surface area contributed by atoms with Crippen molar-refractivity contribution in [1.82, 2.24) is 9.97 Å². The van der Waals surface area contributed by atoms with Crippen molar-refractivity contribution >= 4 is 29.3 Å². The molecule has 1 aliphatic rings. The lowest BCUT2D eigenvalue weighted by atomic mass is 10.2. The number of thioether (sulfide) groups is 2. The zero-order chi connectivity index (χ0) is 13.3. The SMILES string of the molecule is CCc1nc(C2CSC(C)C(C)S2)nc(N)c1C. The highest BCUT2D eigenvalue weighted by Crippen LogP contribution is 2.43. The van der Waals surface area contributed by atoms with Gasteiger partial charge in [-0.05, 0) is 13.3 Å². The zero-order valence-corrected chi connectivity index (χ0v) is 13.1. The first-order valence-corrected chi connectivity index (χ1v) is 8.42. The van der Waals surface area contributed by atoms with Gasteiger partial charge in [0.2, 0.25) is 0 Å². The molecular weight excluding hydrogens is 262 g/mol. The molecule has 2 heterocycles. The number of rotatable bonds is 2. The molecule has 0 aromatic carbocycles. The summed E-state index contributed by atoms with van der Waals surface area (Å²) < 4.78 is 0. The summed E-state index contributed by atoms with van der Waals surface area (Å²) in [6.07, 6.45) is 0.919. The van der Waals surface area contributed by atoms with Crippen LogP contribution in [0.1, 0.15) is 43.1 Å². The van der Waals surface area contributed by atoms with E-state index >= 15 is 0 Å². The van der Waals surface area contributed by atoms with E-state index < -0.39 is 0 Å². The Morgan fingerprint density at radius 2 is 2.00 bits per heavy atom. The molecule has 2 N–H and O–H groups in total. The molecule has 0 saturated carbocycles. The Morgan fingerprint density at radius 1 is 1.28 bits per heavy atom. The highest BCUT2D eigenvalue weighted by atomic mass is 32.2. The number of anilines is 1. The van der Waals surface area contributed by atoms with Gasteiger partial charge in [0.25, 0.3) is 0 Å². The Morgan fingerprint density at radius 3 is 2.61 bits per heavy atom. The van der Waals surface area contributed by atoms with Gasteiger partial charge in [-0.3, -0.25) is 0 Å². The Labute approximate surface area is 118 Å². The fraction of sp³-hybridized carbons (Fsp3) is 0.692. The number of hydrogen-bond acceptors (Lipinski definition) is 5. The number of nitrogen functional groups attached to an aromatic ring is 1. The summed E-state index contributed by atoms with van der Waals surface area (Å²) in [5.74, 6) is 2.65. The topological polar surface area (TPSA) is 51.8 Å². The van der Waals surface area contributed by atoms with Crippen LogP contribution in [0.25, 0.3) is 0 Å². The van der Waals surface area contributed by atoms with E-state index in [0.29, 0.717) is 21.6 Å². The van der Waals surface area contributed by atoms with Gasteiger partial charge in [0.15, 0.2) is 0 Å². The third-order valence-corrected chi connectivity index (χ3v) is 6.86. The van der Waals surface area contributed by atoms with Crippen LogP contribution in [0.15, 0.2) is 0 Å². The Kier molecular flexibility index (Phi) is 4.43. The number of nitrogens with zero attached hydrogens (tertiary/aromatic N) is 2. The number of hydrogen-bond donors (Lipinski definition) is 1. The molecule has 100 valence electrons. The summed E-state index contributed by atoms with van der Waals surface area (Å²) in [6.45, 7) is 8.70. The molecule has 3 nitrogen and oxygen atoms in total. The maximum atomic E-state index is 6.00. The number of aromatic nitrogens is 2. The highest BCUT2D eigenvalue weighted by molar-refractivity contribution is 8.07. The van der Waals surface area contributed by atoms with E-state index in [9.17, 15) is 0 Å². The van der Waals surface area contributed by atoms with E-state index in [1.54, 1.807) is 0 Å². The van der Waals surface area contributed by atoms with Crippen molar-refractivity contribution in [3.8, 4) is 0 Å². The fourth-order valence-corrected chi connectivity index (χ4v) is 4.85. The van der Waals surface area contributed by atoms with Crippen LogP contribution in [-0.2, 0) is 6.42 Å². The van der Waals surface area contributed by atoms with Gasteiger partial charge >= 0.3 is 0 Å². The first kappa shape index (κ1) is 14.0. The van der Waals surface area contributed by atoms with Crippen molar-refractivity contribution in [2.24, 2.45) is 0 Å². The van der Waals surface area contributed by atoms with E-state index in [0.717, 1.165) is 29.3 Å². The molecule has 0 aliphatic carbocycles. The summed E-state index contributed by atoms with van der Waals surface area (Å²) in [5.41, 5.74) is 8.13. The molecule has 0 bridgehead atoms. The molecule has 0 amide bonds. The lowest BCUT2D eigenvalue weighted by Gasteiger charge is -2.30. The van der Waals surface area contributed by atoms with Crippen LogP contribution in [0, 0.1) is 6.92 Å². The van der Waals surface area contributed by atoms with E-state index in [1.807, 2.05) is 30.4 Å². The lowest BCUT2D eigenvalue weighted by Crippen LogP contribution is -2.23. The number of nitrogens with two attached hydrogens (primary N) is 1. The highest BCUT2D eigenvalue weighted by Gasteiger charge is 2.29. The molecule has 1 saturated heterocycles. The van der Waals surface area contributed by atoms with Crippen molar-refractivity contribution in [2.75, 3.05) is 11.5 Å². The maximum Gasteiger partial charge on any atom is 0.144 e. The lowest BCUT2D eigenvalue weighted by molar-refractivity contribution is 0.838. The molecular formula is C13H21N3S2. The van der Waals surface area contributed by atoms with Crippen LogP contribution in [-0.4, -0.2) is 26.2 Å². The van der Waals surface area contributed by atoms with Crippen LogP contribution in [0.3, 0.4) is 0 Å². The minimum absolute atomic E-state index is 0.384. The second kappa shape index (κ2) is 5.70. The van der Waals surface area contributed by atoms with Crippen molar-refractivity contribution in [3.63, 3.8) is 0 Å². The van der Waals surface area contributed by atoms with E-state index in [1.165, 1.54) is 0 Å². The van der Waals surface area contributed by atoms with Crippen LogP contribution >= 0.6 is 23.5 Å². The van der Waals surface area contributed by atoms with Crippen LogP contribution in [0.5, 0.6) is 0 Å². The molecule has 5 heteroatoms. The van der Waals surface area contributed by atoms with Gasteiger partial charge in [-0.1, -0.05) is 20.8 Å². The van der Waals surface area contributed by atoms with Gasteiger partial charge in [0.1, 0.15) is 11.6 Å². The second-order valence-electron chi connectivity index (χ2n) is 4.76. The average Bonchev–Trinajstić information content (AvgIpc) is 2.36. The minimum atomic E-state index is 0.384. The predicted octanol–water partition coefficient (Wildman–Crippen LogP) is 3.23. The molecule has 3 unspecified atom stereocenters. The largest absolute Gasteiger partial charge is 0.383 e. The first-order valence-electron chi connectivity index (χ1n) is 6.42. The van der Waals surface area contributed by atoms with Crippen LogP contribution in [0.4, 0.5) is 5.82 Å². The monoisotopic (exact) mass is 283 g/mol. The van der Waals surface area contributed by atoms with Crippen LogP contribution < -0.4 is 5.73 Å². The van der Waals surface area contributed by atoms with Crippen molar-refractivity contribution in [3.05, 3.63) is 17.1 Å². The maximum absolute atomic E-state index is 6.00. The average molecular weight is 283 g/mol. The van der Waals surface area contributed by atoms with Crippen molar-refractivity contribution in [2.45, 2.75) is 49.9 Å². The van der Waals surface area contributed by atoms with Gasteiger partial charge in [0.05, 0.1) is 5.25 Å². The molecule has 18 heavy (non-hydrogen) atoms. The minimum Gasteiger partial charge on any atom is -0.383 e. The molecule has 2 rings (SSSR count). The third-order valence-electron chi connectivity index (χ3n) is 3.47. The molecule has 1 aromatic heterocycles. The summed E-state index contributed by atoms with van der Waals surface area (Å²) in [5, 5.41) is 1.74. The molecule has 1 aliphatic heterocycles. The van der Waals surface area contributed by atoms with E-state index in [-0.39, 0.29) is 0 Å². The third kappa shape index (κ3) is 2.77. The quantitative estimate of drug-likeness (QED) is 0.903. The number of aryl methyl sites for hydroxylation is 1. The molecule has 0 spiro atoms. The summed E-state index contributed by atoms with van der Waals surface area (Å²) >= 11 is 3.99. The van der Waals surface area contributed by atoms with Gasteiger partial charge < -0.3 is 5.73 Å². The van der Waals surface area contributed by atoms with Gasteiger partial charge in [-0.25, -0.2) is 9.97 Å². The van der Waals surface area contributed by atoms with Gasteiger partial charge in [0, 0.05) is 27.5 Å². The molecule has 1 aromatic rings. The zero-order valence-electron chi connectivity index (χ0n) is 11.4. The predicted molar refractivity (Wildman–Crippen MR) is 82.3 cm³/mol. The van der Waals surface area contributed by atoms with Crippen molar-refractivity contribution in [1.29, 1.82) is 0 Å². The fourth-order valence-electron chi connectivity index (χ4n) is 2.01. The summed E-state index contributed by atoms with van der Waals surface area (Å²) in [7, 11) is 0. The molecule has 0 radical (unpaired) electrons. The normalized spacial score (nSPS) is 28.3. The van der Waals surface area contributed by atoms with E-state index in [4.69, 9.17) is 10.7 Å². The van der Waals surface area contributed by atoms with Gasteiger partial charge in [-0.15, -0.1) is 11.8 Å². The van der Waals surface area contributed by atoms with Gasteiger partial charge in [-0.2, -0.15) is 11.8 Å². The molecule has 3 atom stereocenters. The Hall–Kier alpha value is -0.420. The Balaban J connectivity index is 2.26. The van der Waals surface area contributed by atoms with E-state index in [2.05, 4.69) is 25.8 Å². The standard InChI is InChI=1S/C13H21N3S2/c1-5-10-7(2)12(14)16-13(15-10)11-6-17-8(3)9(4)18-11/h8-9,11H,5-6H2,1-4H3,(H2,14,15,16). The first-order chi connectivity index (χ1) is 8.52.